The van der Waals surface area contributed by atoms with Crippen LogP contribution in [0.4, 0.5) is 0 Å². The van der Waals surface area contributed by atoms with Gasteiger partial charge in [0.15, 0.2) is 0 Å². The van der Waals surface area contributed by atoms with Crippen molar-refractivity contribution in [1.29, 1.82) is 0 Å². The largest absolute Gasteiger partial charge is 0.495 e. The monoisotopic (exact) mass is 478 g/mol. The summed E-state index contributed by atoms with van der Waals surface area (Å²) in [6.07, 6.45) is 0.407. The number of morpholine rings is 1. The molecular weight excluding hydrogens is 444 g/mol. The second-order valence-corrected chi connectivity index (χ2v) is 8.75. The Hall–Kier alpha value is -3.36. The van der Waals surface area contributed by atoms with Crippen molar-refractivity contribution in [2.24, 2.45) is 0 Å². The van der Waals surface area contributed by atoms with Crippen LogP contribution in [0.5, 0.6) is 5.75 Å². The first-order valence-electron chi connectivity index (χ1n) is 12.1. The van der Waals surface area contributed by atoms with Gasteiger partial charge in [0.05, 0.1) is 31.4 Å². The number of aromatic nitrogens is 1. The van der Waals surface area contributed by atoms with Crippen LogP contribution in [0.3, 0.4) is 0 Å². The topological polar surface area (TPSA) is 84.8 Å². The van der Waals surface area contributed by atoms with Gasteiger partial charge in [0.25, 0.3) is 5.91 Å². The number of carbonyl (C=O) groups excluding carboxylic acids is 2. The van der Waals surface area contributed by atoms with Crippen LogP contribution in [0, 0.1) is 6.92 Å². The van der Waals surface area contributed by atoms with E-state index in [2.05, 4.69) is 20.1 Å². The molecule has 1 aliphatic heterocycles. The van der Waals surface area contributed by atoms with Gasteiger partial charge in [0.2, 0.25) is 5.91 Å². The number of para-hydroxylation sites is 1. The third-order valence-electron chi connectivity index (χ3n) is 6.65. The quantitative estimate of drug-likeness (QED) is 0.493. The number of ether oxygens (including phenoxy) is 2. The molecule has 8 heteroatoms. The highest BCUT2D eigenvalue weighted by molar-refractivity contribution is 6.10. The van der Waals surface area contributed by atoms with Crippen molar-refractivity contribution < 1.29 is 19.1 Å². The zero-order valence-electron chi connectivity index (χ0n) is 20.7. The molecule has 2 heterocycles. The first kappa shape index (κ1) is 24.8. The third kappa shape index (κ3) is 5.49. The van der Waals surface area contributed by atoms with Crippen LogP contribution < -0.4 is 15.4 Å². The fraction of sp³-hybridized carbons (Fsp3) is 0.407. The van der Waals surface area contributed by atoms with Gasteiger partial charge >= 0.3 is 0 Å². The second kappa shape index (κ2) is 11.4. The van der Waals surface area contributed by atoms with E-state index < -0.39 is 6.04 Å². The summed E-state index contributed by atoms with van der Waals surface area (Å²) in [4.78, 5) is 28.7. The van der Waals surface area contributed by atoms with Crippen molar-refractivity contribution >= 4 is 22.7 Å². The minimum absolute atomic E-state index is 0.228. The van der Waals surface area contributed by atoms with Gasteiger partial charge in [-0.05, 0) is 18.6 Å². The van der Waals surface area contributed by atoms with E-state index in [-0.39, 0.29) is 11.8 Å². The molecule has 0 saturated carbocycles. The molecule has 1 aromatic heterocycles. The number of nitrogens with zero attached hydrogens (tertiary/aromatic N) is 2. The Kier molecular flexibility index (Phi) is 8.05. The van der Waals surface area contributed by atoms with Gasteiger partial charge in [-0.2, -0.15) is 0 Å². The fourth-order valence-electron chi connectivity index (χ4n) is 4.76. The summed E-state index contributed by atoms with van der Waals surface area (Å²) in [5.41, 5.74) is 3.30. The molecule has 3 aromatic rings. The van der Waals surface area contributed by atoms with Gasteiger partial charge in [-0.1, -0.05) is 42.5 Å². The van der Waals surface area contributed by atoms with Crippen molar-refractivity contribution in [2.75, 3.05) is 47.0 Å². The zero-order chi connectivity index (χ0) is 24.8. The summed E-state index contributed by atoms with van der Waals surface area (Å²) in [6, 6.07) is 14.8. The fourth-order valence-corrected chi connectivity index (χ4v) is 4.76. The Labute approximate surface area is 206 Å². The van der Waals surface area contributed by atoms with E-state index in [1.165, 1.54) is 0 Å². The van der Waals surface area contributed by atoms with Crippen molar-refractivity contribution in [2.45, 2.75) is 25.9 Å². The number of hydrogen-bond acceptors (Lipinski definition) is 5. The van der Waals surface area contributed by atoms with Gasteiger partial charge in [-0.3, -0.25) is 14.5 Å². The average Bonchev–Trinajstić information content (AvgIpc) is 3.18. The van der Waals surface area contributed by atoms with Crippen molar-refractivity contribution in [3.05, 3.63) is 65.4 Å². The lowest BCUT2D eigenvalue weighted by molar-refractivity contribution is -0.122. The second-order valence-electron chi connectivity index (χ2n) is 8.75. The summed E-state index contributed by atoms with van der Waals surface area (Å²) in [6.45, 7) is 6.81. The predicted molar refractivity (Wildman–Crippen MR) is 136 cm³/mol. The van der Waals surface area contributed by atoms with Crippen LogP contribution in [0.1, 0.15) is 21.6 Å². The van der Waals surface area contributed by atoms with Crippen LogP contribution in [0.15, 0.2) is 48.5 Å². The molecule has 1 saturated heterocycles. The maximum absolute atomic E-state index is 13.6. The Morgan fingerprint density at radius 2 is 1.80 bits per heavy atom. The third-order valence-corrected chi connectivity index (χ3v) is 6.65. The highest BCUT2D eigenvalue weighted by Crippen LogP contribution is 2.33. The van der Waals surface area contributed by atoms with E-state index in [0.717, 1.165) is 67.3 Å². The van der Waals surface area contributed by atoms with Gasteiger partial charge in [0.1, 0.15) is 11.8 Å². The SMILES string of the molecule is CNC(=O)[C@H](Cc1ccccc1)NC(=O)c1c(C)n(CCN2CCOCC2)c2c(OC)cccc12. The van der Waals surface area contributed by atoms with Crippen molar-refractivity contribution in [1.82, 2.24) is 20.1 Å². The number of carbonyl (C=O) groups is 2. The number of amides is 2. The molecule has 1 fully saturated rings. The number of methoxy groups -OCH3 is 1. The Morgan fingerprint density at radius 3 is 2.49 bits per heavy atom. The molecule has 0 aliphatic carbocycles. The predicted octanol–water partition coefficient (Wildman–Crippen LogP) is 2.38. The Morgan fingerprint density at radius 1 is 1.06 bits per heavy atom. The molecule has 0 bridgehead atoms. The molecule has 0 spiro atoms. The van der Waals surface area contributed by atoms with E-state index in [0.29, 0.717) is 12.0 Å². The average molecular weight is 479 g/mol. The van der Waals surface area contributed by atoms with E-state index in [4.69, 9.17) is 9.47 Å². The van der Waals surface area contributed by atoms with Crippen LogP contribution in [0.25, 0.3) is 10.9 Å². The summed E-state index contributed by atoms with van der Waals surface area (Å²) in [7, 11) is 3.23. The molecular formula is C27H34N4O4. The number of benzene rings is 2. The Bertz CT molecular complexity index is 1170. The van der Waals surface area contributed by atoms with E-state index in [1.807, 2.05) is 55.5 Å². The first-order chi connectivity index (χ1) is 17.0. The number of rotatable bonds is 9. The number of fused-ring (bicyclic) bond motifs is 1. The van der Waals surface area contributed by atoms with Crippen molar-refractivity contribution in [3.8, 4) is 5.75 Å². The van der Waals surface area contributed by atoms with Gasteiger partial charge < -0.3 is 24.7 Å². The Balaban J connectivity index is 1.65. The smallest absolute Gasteiger partial charge is 0.254 e. The lowest BCUT2D eigenvalue weighted by Crippen LogP contribution is -2.47. The van der Waals surface area contributed by atoms with Crippen LogP contribution >= 0.6 is 0 Å². The summed E-state index contributed by atoms with van der Waals surface area (Å²) >= 11 is 0. The maximum Gasteiger partial charge on any atom is 0.254 e. The molecule has 8 nitrogen and oxygen atoms in total. The molecule has 186 valence electrons. The molecule has 4 rings (SSSR count). The lowest BCUT2D eigenvalue weighted by Gasteiger charge is -2.27. The molecule has 2 N–H and O–H groups in total. The maximum atomic E-state index is 13.6. The highest BCUT2D eigenvalue weighted by atomic mass is 16.5. The van der Waals surface area contributed by atoms with Crippen molar-refractivity contribution in [3.63, 3.8) is 0 Å². The molecule has 35 heavy (non-hydrogen) atoms. The van der Waals surface area contributed by atoms with E-state index in [9.17, 15) is 9.59 Å². The van der Waals surface area contributed by atoms with Gasteiger partial charge in [-0.25, -0.2) is 0 Å². The number of nitrogens with one attached hydrogen (secondary N) is 2. The molecule has 0 radical (unpaired) electrons. The summed E-state index contributed by atoms with van der Waals surface area (Å²) in [5, 5.41) is 6.49. The molecule has 1 aliphatic rings. The normalized spacial score (nSPS) is 15.1. The lowest BCUT2D eigenvalue weighted by atomic mass is 10.0. The zero-order valence-corrected chi connectivity index (χ0v) is 20.7. The van der Waals surface area contributed by atoms with Gasteiger partial charge in [0, 0.05) is 50.7 Å². The minimum atomic E-state index is -0.688. The minimum Gasteiger partial charge on any atom is -0.495 e. The van der Waals surface area contributed by atoms with E-state index >= 15 is 0 Å². The standard InChI is InChI=1S/C27H34N4O4/c1-19-24(27(33)29-22(26(32)28-2)18-20-8-5-4-6-9-20)21-10-7-11-23(34-3)25(21)31(19)13-12-30-14-16-35-17-15-30/h4-11,22H,12-18H2,1-3H3,(H,28,32)(H,29,33)/t22-/m0/s1. The first-order valence-corrected chi connectivity index (χ1v) is 12.1. The summed E-state index contributed by atoms with van der Waals surface area (Å²) in [5.74, 6) is 0.225. The van der Waals surface area contributed by atoms with Crippen LogP contribution in [-0.2, 0) is 22.5 Å². The molecule has 0 unspecified atom stereocenters. The van der Waals surface area contributed by atoms with E-state index in [1.54, 1.807) is 14.2 Å². The number of hydrogen-bond donors (Lipinski definition) is 2. The van der Waals surface area contributed by atoms with Crippen LogP contribution in [0.2, 0.25) is 0 Å². The molecule has 2 amide bonds. The van der Waals surface area contributed by atoms with Gasteiger partial charge in [-0.15, -0.1) is 0 Å². The molecule has 2 aromatic carbocycles. The highest BCUT2D eigenvalue weighted by Gasteiger charge is 2.27. The summed E-state index contributed by atoms with van der Waals surface area (Å²) < 4.78 is 13.3. The van der Waals surface area contributed by atoms with Crippen LogP contribution in [-0.4, -0.2) is 74.3 Å². The molecule has 1 atom stereocenters. The number of likely N-dealkylation sites (N-methyl/N-ethyl adjacent to an activating group) is 1.